The maximum Gasteiger partial charge on any atom is 0.185 e. The van der Waals surface area contributed by atoms with Gasteiger partial charge in [0, 0.05) is 6.07 Å². The van der Waals surface area contributed by atoms with Crippen molar-refractivity contribution >= 4 is 5.69 Å². The lowest BCUT2D eigenvalue weighted by atomic mass is 10.1. The van der Waals surface area contributed by atoms with Crippen LogP contribution in [0.5, 0.6) is 0 Å². The van der Waals surface area contributed by atoms with E-state index in [9.17, 15) is 8.78 Å². The molecule has 0 bridgehead atoms. The van der Waals surface area contributed by atoms with Crippen molar-refractivity contribution < 1.29 is 8.78 Å². The predicted octanol–water partition coefficient (Wildman–Crippen LogP) is 2.42. The molecule has 1 unspecified atom stereocenters. The minimum absolute atomic E-state index is 0.0179. The Balaban J connectivity index is 2.55. The summed E-state index contributed by atoms with van der Waals surface area (Å²) in [6.07, 6.45) is 0. The number of aromatic nitrogens is 4. The van der Waals surface area contributed by atoms with Crippen LogP contribution in [0.3, 0.4) is 0 Å². The highest BCUT2D eigenvalue weighted by atomic mass is 19.1. The average molecular weight is 267 g/mol. The first-order valence-electron chi connectivity index (χ1n) is 5.94. The van der Waals surface area contributed by atoms with Gasteiger partial charge in [0.05, 0.1) is 17.3 Å². The lowest BCUT2D eigenvalue weighted by molar-refractivity contribution is 0.371. The van der Waals surface area contributed by atoms with Gasteiger partial charge in [-0.05, 0) is 29.3 Å². The zero-order chi connectivity index (χ0) is 14.2. The molecule has 1 aromatic carbocycles. The Morgan fingerprint density at radius 1 is 1.16 bits per heavy atom. The number of nitrogens with two attached hydrogens (primary N) is 1. The van der Waals surface area contributed by atoms with Gasteiger partial charge in [-0.25, -0.2) is 13.5 Å². The lowest BCUT2D eigenvalue weighted by Crippen LogP contribution is -2.15. The Labute approximate surface area is 109 Å². The number of halogens is 2. The maximum absolute atomic E-state index is 13.8. The summed E-state index contributed by atoms with van der Waals surface area (Å²) in [5.74, 6) is -1.02. The van der Waals surface area contributed by atoms with Crippen LogP contribution in [0, 0.1) is 17.6 Å². The number of tetrazole rings is 1. The summed E-state index contributed by atoms with van der Waals surface area (Å²) in [7, 11) is 0. The van der Waals surface area contributed by atoms with E-state index in [2.05, 4.69) is 15.5 Å². The number of benzene rings is 1. The first-order chi connectivity index (χ1) is 8.91. The van der Waals surface area contributed by atoms with Crippen LogP contribution in [-0.4, -0.2) is 20.2 Å². The van der Waals surface area contributed by atoms with Crippen molar-refractivity contribution in [2.45, 2.75) is 26.8 Å². The van der Waals surface area contributed by atoms with Gasteiger partial charge in [0.2, 0.25) is 0 Å². The van der Waals surface area contributed by atoms with Crippen molar-refractivity contribution in [3.8, 4) is 11.4 Å². The first kappa shape index (κ1) is 13.4. The van der Waals surface area contributed by atoms with Crippen molar-refractivity contribution in [2.75, 3.05) is 5.73 Å². The van der Waals surface area contributed by atoms with Gasteiger partial charge in [-0.15, -0.1) is 5.10 Å². The molecule has 102 valence electrons. The quantitative estimate of drug-likeness (QED) is 0.867. The third-order valence-electron chi connectivity index (χ3n) is 3.17. The molecule has 1 aromatic heterocycles. The van der Waals surface area contributed by atoms with Gasteiger partial charge in [-0.1, -0.05) is 13.8 Å². The van der Waals surface area contributed by atoms with Crippen molar-refractivity contribution in [3.63, 3.8) is 0 Å². The summed E-state index contributed by atoms with van der Waals surface area (Å²) in [5, 5.41) is 11.2. The monoisotopic (exact) mass is 267 g/mol. The van der Waals surface area contributed by atoms with Crippen molar-refractivity contribution in [1.29, 1.82) is 0 Å². The van der Waals surface area contributed by atoms with Crippen LogP contribution >= 0.6 is 0 Å². The number of nitrogen functional groups attached to an aromatic ring is 1. The zero-order valence-electron chi connectivity index (χ0n) is 10.9. The molecule has 2 rings (SSSR count). The van der Waals surface area contributed by atoms with Crippen LogP contribution < -0.4 is 5.73 Å². The normalized spacial score (nSPS) is 12.9. The van der Waals surface area contributed by atoms with E-state index in [1.807, 2.05) is 20.8 Å². The molecule has 0 aliphatic carbocycles. The number of anilines is 1. The fraction of sp³-hybridized carbons (Fsp3) is 0.417. The number of hydrogen-bond acceptors (Lipinski definition) is 4. The van der Waals surface area contributed by atoms with Gasteiger partial charge in [-0.3, -0.25) is 0 Å². The lowest BCUT2D eigenvalue weighted by Gasteiger charge is -2.17. The summed E-state index contributed by atoms with van der Waals surface area (Å²) in [6.45, 7) is 5.94. The second kappa shape index (κ2) is 4.91. The van der Waals surface area contributed by atoms with Crippen LogP contribution in [0.15, 0.2) is 12.1 Å². The third-order valence-corrected chi connectivity index (χ3v) is 3.17. The highest BCUT2D eigenvalue weighted by molar-refractivity contribution is 5.62. The predicted molar refractivity (Wildman–Crippen MR) is 67.1 cm³/mol. The molecule has 0 aliphatic rings. The minimum Gasteiger partial charge on any atom is -0.396 e. The molecule has 0 saturated carbocycles. The summed E-state index contributed by atoms with van der Waals surface area (Å²) >= 11 is 0. The molecule has 0 aliphatic heterocycles. The van der Waals surface area contributed by atoms with Gasteiger partial charge in [0.25, 0.3) is 0 Å². The smallest absolute Gasteiger partial charge is 0.185 e. The molecule has 0 amide bonds. The fourth-order valence-corrected chi connectivity index (χ4v) is 1.66. The molecule has 5 nitrogen and oxygen atoms in total. The number of nitrogens with zero attached hydrogens (tertiary/aromatic N) is 4. The van der Waals surface area contributed by atoms with Gasteiger partial charge in [0.15, 0.2) is 5.82 Å². The minimum atomic E-state index is -0.794. The Morgan fingerprint density at radius 3 is 2.47 bits per heavy atom. The molecule has 2 N–H and O–H groups in total. The molecular weight excluding hydrogens is 252 g/mol. The van der Waals surface area contributed by atoms with E-state index in [0.717, 1.165) is 6.07 Å². The number of hydrogen-bond donors (Lipinski definition) is 1. The molecular formula is C12H15F2N5. The van der Waals surface area contributed by atoms with E-state index in [1.165, 1.54) is 10.7 Å². The second-order valence-electron chi connectivity index (χ2n) is 4.79. The maximum atomic E-state index is 13.8. The highest BCUT2D eigenvalue weighted by Gasteiger charge is 2.20. The Kier molecular flexibility index (Phi) is 3.46. The molecule has 2 aromatic rings. The molecule has 0 radical (unpaired) electrons. The summed E-state index contributed by atoms with van der Waals surface area (Å²) < 4.78 is 28.5. The summed E-state index contributed by atoms with van der Waals surface area (Å²) in [4.78, 5) is 0. The van der Waals surface area contributed by atoms with E-state index in [-0.39, 0.29) is 29.0 Å². The van der Waals surface area contributed by atoms with Crippen LogP contribution in [-0.2, 0) is 0 Å². The Hall–Kier alpha value is -2.05. The van der Waals surface area contributed by atoms with E-state index in [0.29, 0.717) is 0 Å². The summed E-state index contributed by atoms with van der Waals surface area (Å²) in [6, 6.07) is 1.93. The molecule has 1 heterocycles. The van der Waals surface area contributed by atoms with E-state index >= 15 is 0 Å². The second-order valence-corrected chi connectivity index (χ2v) is 4.79. The largest absolute Gasteiger partial charge is 0.396 e. The molecule has 0 saturated heterocycles. The van der Waals surface area contributed by atoms with Gasteiger partial charge in [-0.2, -0.15) is 0 Å². The van der Waals surface area contributed by atoms with Crippen molar-refractivity contribution in [1.82, 2.24) is 20.2 Å². The van der Waals surface area contributed by atoms with Gasteiger partial charge < -0.3 is 5.73 Å². The zero-order valence-corrected chi connectivity index (χ0v) is 10.9. The molecule has 19 heavy (non-hydrogen) atoms. The van der Waals surface area contributed by atoms with Gasteiger partial charge in [0.1, 0.15) is 11.6 Å². The van der Waals surface area contributed by atoms with Crippen molar-refractivity contribution in [2.24, 2.45) is 5.92 Å². The molecule has 7 heteroatoms. The van der Waals surface area contributed by atoms with Crippen LogP contribution in [0.4, 0.5) is 14.5 Å². The Morgan fingerprint density at radius 2 is 1.84 bits per heavy atom. The van der Waals surface area contributed by atoms with E-state index in [4.69, 9.17) is 5.73 Å². The standard InChI is InChI=1S/C12H15F2N5/c1-6(2)7(3)19-12(16-17-18-19)8-4-11(15)10(14)5-9(8)13/h4-7H,15H2,1-3H3. The van der Waals surface area contributed by atoms with Gasteiger partial charge >= 0.3 is 0 Å². The average Bonchev–Trinajstić information content (AvgIpc) is 2.81. The summed E-state index contributed by atoms with van der Waals surface area (Å²) in [5.41, 5.74) is 5.42. The third kappa shape index (κ3) is 2.40. The first-order valence-corrected chi connectivity index (χ1v) is 5.94. The molecule has 0 fully saturated rings. The van der Waals surface area contributed by atoms with Crippen molar-refractivity contribution in [3.05, 3.63) is 23.8 Å². The molecule has 1 atom stereocenters. The van der Waals surface area contributed by atoms with Crippen LogP contribution in [0.2, 0.25) is 0 Å². The Bertz CT molecular complexity index is 594. The van der Waals surface area contributed by atoms with E-state index < -0.39 is 11.6 Å². The van der Waals surface area contributed by atoms with Crippen LogP contribution in [0.1, 0.15) is 26.8 Å². The SMILES string of the molecule is CC(C)C(C)n1nnnc1-c1cc(N)c(F)cc1F. The highest BCUT2D eigenvalue weighted by Crippen LogP contribution is 2.28. The molecule has 0 spiro atoms. The topological polar surface area (TPSA) is 69.6 Å². The van der Waals surface area contributed by atoms with E-state index in [1.54, 1.807) is 0 Å². The van der Waals surface area contributed by atoms with Crippen LogP contribution in [0.25, 0.3) is 11.4 Å². The number of rotatable bonds is 3. The fourth-order valence-electron chi connectivity index (χ4n) is 1.66.